The first-order valence-electron chi connectivity index (χ1n) is 8.61. The van der Waals surface area contributed by atoms with Gasteiger partial charge in [-0.2, -0.15) is 5.26 Å². The molecule has 6 heteroatoms. The van der Waals surface area contributed by atoms with Crippen LogP contribution in [0.25, 0.3) is 22.2 Å². The van der Waals surface area contributed by atoms with E-state index < -0.39 is 13.9 Å². The van der Waals surface area contributed by atoms with Crippen LogP contribution in [0.15, 0.2) is 42.7 Å². The summed E-state index contributed by atoms with van der Waals surface area (Å²) in [6.07, 6.45) is 3.10. The van der Waals surface area contributed by atoms with Gasteiger partial charge >= 0.3 is 0 Å². The molecule has 0 aliphatic carbocycles. The highest BCUT2D eigenvalue weighted by Crippen LogP contribution is 2.32. The van der Waals surface area contributed by atoms with E-state index >= 15 is 0 Å². The van der Waals surface area contributed by atoms with Gasteiger partial charge in [-0.3, -0.25) is 0 Å². The van der Waals surface area contributed by atoms with Crippen LogP contribution in [-0.4, -0.2) is 24.2 Å². The van der Waals surface area contributed by atoms with Crippen molar-refractivity contribution < 1.29 is 9.13 Å². The molecule has 134 valence electrons. The first kappa shape index (κ1) is 18.3. The fraction of sp³-hybridized carbons (Fsp3) is 0.300. The van der Waals surface area contributed by atoms with Gasteiger partial charge in [-0.15, -0.1) is 0 Å². The molecule has 1 aromatic carbocycles. The van der Waals surface area contributed by atoms with Crippen LogP contribution in [0.3, 0.4) is 0 Å². The molecule has 0 aliphatic heterocycles. The molecule has 0 radical (unpaired) electrons. The van der Waals surface area contributed by atoms with Crippen molar-refractivity contribution in [1.82, 2.24) is 9.55 Å². The predicted octanol–water partition coefficient (Wildman–Crippen LogP) is 5.03. The molecule has 0 saturated heterocycles. The van der Waals surface area contributed by atoms with Gasteiger partial charge in [-0.1, -0.05) is 37.8 Å². The van der Waals surface area contributed by atoms with E-state index in [1.807, 2.05) is 29.0 Å². The van der Waals surface area contributed by atoms with Crippen LogP contribution in [0.4, 0.5) is 4.39 Å². The van der Waals surface area contributed by atoms with Crippen LogP contribution >= 0.6 is 0 Å². The first-order chi connectivity index (χ1) is 12.4. The zero-order chi connectivity index (χ0) is 18.7. The monoisotopic (exact) mass is 367 g/mol. The lowest BCUT2D eigenvalue weighted by atomic mass is 10.0. The van der Waals surface area contributed by atoms with Crippen LogP contribution in [-0.2, 0) is 11.5 Å². The number of nitriles is 1. The zero-order valence-corrected chi connectivity index (χ0v) is 16.3. The summed E-state index contributed by atoms with van der Waals surface area (Å²) in [4.78, 5) is 4.24. The minimum absolute atomic E-state index is 0.355. The zero-order valence-electron chi connectivity index (χ0n) is 15.3. The minimum atomic E-state index is -1.15. The molecule has 0 saturated carbocycles. The van der Waals surface area contributed by atoms with E-state index in [0.717, 1.165) is 17.2 Å². The third-order valence-electron chi connectivity index (χ3n) is 4.24. The van der Waals surface area contributed by atoms with Crippen molar-refractivity contribution >= 4 is 19.1 Å². The Hall–Kier alpha value is -2.49. The van der Waals surface area contributed by atoms with Crippen molar-refractivity contribution in [1.29, 1.82) is 5.26 Å². The Morgan fingerprint density at radius 2 is 2.00 bits per heavy atom. The number of hydrogen-bond acceptors (Lipinski definition) is 3. The highest BCUT2D eigenvalue weighted by atomic mass is 28.3. The number of hydrogen-bond donors (Lipinski definition) is 0. The maximum Gasteiger partial charge on any atom is 0.142 e. The third-order valence-corrected chi connectivity index (χ3v) is 5.95. The van der Waals surface area contributed by atoms with Crippen molar-refractivity contribution in [3.05, 3.63) is 54.1 Å². The van der Waals surface area contributed by atoms with Gasteiger partial charge in [0.25, 0.3) is 0 Å². The standard InChI is InChI=1S/C20H22FN3OSi/c1-26(2,3)9-8-25-14-24-13-19(17-7-5-4-6-15(17)11-22)18-10-16(21)12-23-20(18)24/h4-7,10,12-13H,8-9,14H2,1-3H3. The van der Waals surface area contributed by atoms with Gasteiger partial charge in [-0.05, 0) is 18.2 Å². The number of fused-ring (bicyclic) bond motifs is 1. The van der Waals surface area contributed by atoms with Gasteiger partial charge < -0.3 is 9.30 Å². The molecule has 0 spiro atoms. The number of nitrogens with zero attached hydrogens (tertiary/aromatic N) is 3. The lowest BCUT2D eigenvalue weighted by Gasteiger charge is -2.15. The molecule has 0 unspecified atom stereocenters. The summed E-state index contributed by atoms with van der Waals surface area (Å²) in [6, 6.07) is 12.1. The second kappa shape index (κ2) is 7.40. The Labute approximate surface area is 153 Å². The maximum atomic E-state index is 13.8. The fourth-order valence-corrected chi connectivity index (χ4v) is 3.57. The minimum Gasteiger partial charge on any atom is -0.361 e. The molecule has 3 aromatic rings. The van der Waals surface area contributed by atoms with Crippen molar-refractivity contribution in [2.45, 2.75) is 32.4 Å². The van der Waals surface area contributed by atoms with Crippen LogP contribution in [0.1, 0.15) is 5.56 Å². The molecule has 2 aromatic heterocycles. The Bertz CT molecular complexity index is 969. The molecule has 0 amide bonds. The van der Waals surface area contributed by atoms with Gasteiger partial charge in [-0.25, -0.2) is 9.37 Å². The quantitative estimate of drug-likeness (QED) is 0.454. The summed E-state index contributed by atoms with van der Waals surface area (Å²) in [6.45, 7) is 7.98. The average Bonchev–Trinajstić information content (AvgIpc) is 2.95. The maximum absolute atomic E-state index is 13.8. The predicted molar refractivity (Wildman–Crippen MR) is 104 cm³/mol. The lowest BCUT2D eigenvalue weighted by Crippen LogP contribution is -2.22. The molecule has 0 N–H and O–H groups in total. The summed E-state index contributed by atoms with van der Waals surface area (Å²) >= 11 is 0. The average molecular weight is 368 g/mol. The van der Waals surface area contributed by atoms with Gasteiger partial charge in [0.05, 0.1) is 17.8 Å². The second-order valence-electron chi connectivity index (χ2n) is 7.54. The topological polar surface area (TPSA) is 50.8 Å². The van der Waals surface area contributed by atoms with Gasteiger partial charge in [0.1, 0.15) is 18.2 Å². The molecule has 0 atom stereocenters. The van der Waals surface area contributed by atoms with Crippen molar-refractivity contribution in [3.8, 4) is 17.2 Å². The molecule has 4 nitrogen and oxygen atoms in total. The second-order valence-corrected chi connectivity index (χ2v) is 13.2. The lowest BCUT2D eigenvalue weighted by molar-refractivity contribution is 0.0899. The number of pyridine rings is 1. The van der Waals surface area contributed by atoms with Crippen LogP contribution in [0.2, 0.25) is 25.7 Å². The molecule has 0 fully saturated rings. The molecule has 26 heavy (non-hydrogen) atoms. The number of rotatable bonds is 6. The van der Waals surface area contributed by atoms with E-state index in [-0.39, 0.29) is 0 Å². The number of halogens is 1. The van der Waals surface area contributed by atoms with Crippen molar-refractivity contribution in [2.75, 3.05) is 6.61 Å². The van der Waals surface area contributed by atoms with Gasteiger partial charge in [0.2, 0.25) is 0 Å². The van der Waals surface area contributed by atoms with Crippen LogP contribution < -0.4 is 0 Å². The van der Waals surface area contributed by atoms with Gasteiger partial charge in [0.15, 0.2) is 0 Å². The highest BCUT2D eigenvalue weighted by molar-refractivity contribution is 6.76. The summed E-state index contributed by atoms with van der Waals surface area (Å²) in [5, 5.41) is 10.1. The summed E-state index contributed by atoms with van der Waals surface area (Å²) < 4.78 is 21.5. The fourth-order valence-electron chi connectivity index (χ4n) is 2.82. The molecule has 0 aliphatic rings. The van der Waals surface area contributed by atoms with E-state index in [0.29, 0.717) is 29.9 Å². The SMILES string of the molecule is C[Si](C)(C)CCOCn1cc(-c2ccccc2C#N)c2cc(F)cnc21. The molecule has 3 rings (SSSR count). The Morgan fingerprint density at radius 1 is 1.23 bits per heavy atom. The number of benzene rings is 1. The molecular formula is C20H22FN3OSi. The third kappa shape index (κ3) is 4.01. The van der Waals surface area contributed by atoms with Crippen LogP contribution in [0.5, 0.6) is 0 Å². The van der Waals surface area contributed by atoms with E-state index in [4.69, 9.17) is 4.74 Å². The summed E-state index contributed by atoms with van der Waals surface area (Å²) in [7, 11) is -1.15. The smallest absolute Gasteiger partial charge is 0.142 e. The van der Waals surface area contributed by atoms with Crippen LogP contribution in [0, 0.1) is 17.1 Å². The van der Waals surface area contributed by atoms with E-state index in [2.05, 4.69) is 30.7 Å². The molecule has 2 heterocycles. The Balaban J connectivity index is 1.97. The molecular weight excluding hydrogens is 345 g/mol. The first-order valence-corrected chi connectivity index (χ1v) is 12.3. The van der Waals surface area contributed by atoms with E-state index in [9.17, 15) is 9.65 Å². The summed E-state index contributed by atoms with van der Waals surface area (Å²) in [5.74, 6) is -0.398. The van der Waals surface area contributed by atoms with Crippen molar-refractivity contribution in [2.24, 2.45) is 0 Å². The summed E-state index contributed by atoms with van der Waals surface area (Å²) in [5.41, 5.74) is 2.77. The van der Waals surface area contributed by atoms with E-state index in [1.54, 1.807) is 6.07 Å². The van der Waals surface area contributed by atoms with Gasteiger partial charge in [0, 0.05) is 37.4 Å². The highest BCUT2D eigenvalue weighted by Gasteiger charge is 2.16. The molecule has 0 bridgehead atoms. The van der Waals surface area contributed by atoms with E-state index in [1.165, 1.54) is 12.3 Å². The Morgan fingerprint density at radius 3 is 2.73 bits per heavy atom. The normalized spacial score (nSPS) is 11.7. The number of ether oxygens (including phenoxy) is 1. The largest absolute Gasteiger partial charge is 0.361 e. The van der Waals surface area contributed by atoms with Crippen molar-refractivity contribution in [3.63, 3.8) is 0 Å². The Kier molecular flexibility index (Phi) is 5.21. The number of aromatic nitrogens is 2.